The molecule has 0 spiro atoms. The van der Waals surface area contributed by atoms with Crippen molar-refractivity contribution in [2.24, 2.45) is 0 Å². The molecular formula is C11H15ClN2. The van der Waals surface area contributed by atoms with Crippen LogP contribution in [-0.4, -0.2) is 16.4 Å². The highest BCUT2D eigenvalue weighted by atomic mass is 35.5. The SMILES string of the molecule is ClCC1(Nc2ccccn2)CCCC1. The lowest BCUT2D eigenvalue weighted by Crippen LogP contribution is -2.37. The molecule has 0 amide bonds. The first kappa shape index (κ1) is 9.78. The second kappa shape index (κ2) is 4.18. The Labute approximate surface area is 89.7 Å². The molecule has 3 heteroatoms. The fourth-order valence-corrected chi connectivity index (χ4v) is 2.39. The summed E-state index contributed by atoms with van der Waals surface area (Å²) < 4.78 is 0. The molecule has 0 atom stereocenters. The van der Waals surface area contributed by atoms with Crippen molar-refractivity contribution < 1.29 is 0 Å². The van der Waals surface area contributed by atoms with Crippen LogP contribution >= 0.6 is 11.6 Å². The molecule has 1 aliphatic carbocycles. The highest BCUT2D eigenvalue weighted by Crippen LogP contribution is 2.33. The molecule has 0 unspecified atom stereocenters. The summed E-state index contributed by atoms with van der Waals surface area (Å²) in [5, 5.41) is 3.46. The van der Waals surface area contributed by atoms with Gasteiger partial charge in [-0.1, -0.05) is 18.9 Å². The third-order valence-corrected chi connectivity index (χ3v) is 3.39. The molecule has 1 aliphatic rings. The van der Waals surface area contributed by atoms with E-state index in [2.05, 4.69) is 10.3 Å². The Morgan fingerprint density at radius 3 is 2.71 bits per heavy atom. The number of aromatic nitrogens is 1. The van der Waals surface area contributed by atoms with Gasteiger partial charge in [-0.05, 0) is 25.0 Å². The quantitative estimate of drug-likeness (QED) is 0.776. The lowest BCUT2D eigenvalue weighted by Gasteiger charge is -2.28. The summed E-state index contributed by atoms with van der Waals surface area (Å²) in [5.74, 6) is 1.61. The van der Waals surface area contributed by atoms with Gasteiger partial charge in [0.2, 0.25) is 0 Å². The van der Waals surface area contributed by atoms with E-state index < -0.39 is 0 Å². The highest BCUT2D eigenvalue weighted by Gasteiger charge is 2.32. The molecule has 0 aromatic carbocycles. The highest BCUT2D eigenvalue weighted by molar-refractivity contribution is 6.18. The minimum absolute atomic E-state index is 0.0932. The number of nitrogens with zero attached hydrogens (tertiary/aromatic N) is 1. The third-order valence-electron chi connectivity index (χ3n) is 2.87. The summed E-state index contributed by atoms with van der Waals surface area (Å²) >= 11 is 6.02. The second-order valence-electron chi connectivity index (χ2n) is 3.96. The molecule has 2 rings (SSSR count). The van der Waals surface area contributed by atoms with Crippen LogP contribution in [-0.2, 0) is 0 Å². The van der Waals surface area contributed by atoms with Crippen LogP contribution in [0.3, 0.4) is 0 Å². The minimum atomic E-state index is 0.0932. The van der Waals surface area contributed by atoms with Gasteiger partial charge in [-0.25, -0.2) is 4.98 Å². The van der Waals surface area contributed by atoms with Gasteiger partial charge in [0.25, 0.3) is 0 Å². The van der Waals surface area contributed by atoms with Crippen molar-refractivity contribution in [1.82, 2.24) is 4.98 Å². The molecule has 0 radical (unpaired) electrons. The minimum Gasteiger partial charge on any atom is -0.363 e. The zero-order valence-electron chi connectivity index (χ0n) is 8.17. The van der Waals surface area contributed by atoms with Gasteiger partial charge in [-0.15, -0.1) is 11.6 Å². The molecule has 0 bridgehead atoms. The van der Waals surface area contributed by atoms with Crippen molar-refractivity contribution in [3.8, 4) is 0 Å². The van der Waals surface area contributed by atoms with Gasteiger partial charge in [0.05, 0.1) is 5.54 Å². The molecule has 1 heterocycles. The number of nitrogens with one attached hydrogen (secondary N) is 1. The van der Waals surface area contributed by atoms with Crippen molar-refractivity contribution in [1.29, 1.82) is 0 Å². The van der Waals surface area contributed by atoms with Gasteiger partial charge < -0.3 is 5.32 Å². The Balaban J connectivity index is 2.08. The zero-order valence-corrected chi connectivity index (χ0v) is 8.93. The number of anilines is 1. The number of hydrogen-bond donors (Lipinski definition) is 1. The summed E-state index contributed by atoms with van der Waals surface area (Å²) in [6.07, 6.45) is 6.67. The normalized spacial score (nSPS) is 19.5. The molecule has 1 N–H and O–H groups in total. The molecule has 14 heavy (non-hydrogen) atoms. The van der Waals surface area contributed by atoms with Gasteiger partial charge in [0.1, 0.15) is 5.82 Å². The molecule has 1 saturated carbocycles. The fraction of sp³-hybridized carbons (Fsp3) is 0.545. The van der Waals surface area contributed by atoms with E-state index in [9.17, 15) is 0 Å². The van der Waals surface area contributed by atoms with Crippen molar-refractivity contribution in [2.75, 3.05) is 11.2 Å². The van der Waals surface area contributed by atoms with E-state index in [0.717, 1.165) is 18.7 Å². The average molecular weight is 211 g/mol. The van der Waals surface area contributed by atoms with Crippen LogP contribution in [0.15, 0.2) is 24.4 Å². The maximum absolute atomic E-state index is 6.02. The molecular weight excluding hydrogens is 196 g/mol. The van der Waals surface area contributed by atoms with E-state index in [0.29, 0.717) is 5.88 Å². The Kier molecular flexibility index (Phi) is 2.92. The molecule has 2 nitrogen and oxygen atoms in total. The van der Waals surface area contributed by atoms with Crippen LogP contribution in [0.1, 0.15) is 25.7 Å². The first-order chi connectivity index (χ1) is 6.85. The van der Waals surface area contributed by atoms with Crippen molar-refractivity contribution in [3.05, 3.63) is 24.4 Å². The summed E-state index contributed by atoms with van der Waals surface area (Å²) in [6.45, 7) is 0. The van der Waals surface area contributed by atoms with Crippen molar-refractivity contribution >= 4 is 17.4 Å². The standard InChI is InChI=1S/C11H15ClN2/c12-9-11(6-2-3-7-11)14-10-5-1-4-8-13-10/h1,4-5,8H,2-3,6-7,9H2,(H,13,14). The average Bonchev–Trinajstić information content (AvgIpc) is 2.69. The summed E-state index contributed by atoms with van der Waals surface area (Å²) in [4.78, 5) is 4.27. The van der Waals surface area contributed by atoms with E-state index in [1.807, 2.05) is 18.2 Å². The molecule has 76 valence electrons. The Morgan fingerprint density at radius 1 is 1.36 bits per heavy atom. The van der Waals surface area contributed by atoms with Crippen LogP contribution < -0.4 is 5.32 Å². The lowest BCUT2D eigenvalue weighted by molar-refractivity contribution is 0.537. The predicted molar refractivity (Wildman–Crippen MR) is 59.8 cm³/mol. The van der Waals surface area contributed by atoms with Gasteiger partial charge in [-0.3, -0.25) is 0 Å². The van der Waals surface area contributed by atoms with Gasteiger partial charge in [0, 0.05) is 12.1 Å². The Bertz CT molecular complexity index is 281. The van der Waals surface area contributed by atoms with Gasteiger partial charge in [-0.2, -0.15) is 0 Å². The first-order valence-electron chi connectivity index (χ1n) is 5.10. The fourth-order valence-electron chi connectivity index (χ4n) is 2.05. The maximum Gasteiger partial charge on any atom is 0.126 e. The number of pyridine rings is 1. The molecule has 1 aromatic rings. The van der Waals surface area contributed by atoms with Gasteiger partial charge in [0.15, 0.2) is 0 Å². The van der Waals surface area contributed by atoms with E-state index in [4.69, 9.17) is 11.6 Å². The second-order valence-corrected chi connectivity index (χ2v) is 4.23. The zero-order chi connectivity index (χ0) is 9.86. The summed E-state index contributed by atoms with van der Waals surface area (Å²) in [7, 11) is 0. The van der Waals surface area contributed by atoms with Crippen molar-refractivity contribution in [3.63, 3.8) is 0 Å². The molecule has 0 aliphatic heterocycles. The topological polar surface area (TPSA) is 24.9 Å². The summed E-state index contributed by atoms with van der Waals surface area (Å²) in [6, 6.07) is 5.91. The van der Waals surface area contributed by atoms with E-state index in [1.54, 1.807) is 6.20 Å². The molecule has 1 aromatic heterocycles. The smallest absolute Gasteiger partial charge is 0.126 e. The van der Waals surface area contributed by atoms with Crippen molar-refractivity contribution in [2.45, 2.75) is 31.2 Å². The van der Waals surface area contributed by atoms with Crippen LogP contribution in [0.25, 0.3) is 0 Å². The number of hydrogen-bond acceptors (Lipinski definition) is 2. The summed E-state index contributed by atoms with van der Waals surface area (Å²) in [5.41, 5.74) is 0.0932. The van der Waals surface area contributed by atoms with E-state index in [1.165, 1.54) is 12.8 Å². The maximum atomic E-state index is 6.02. The number of rotatable bonds is 3. The van der Waals surface area contributed by atoms with Crippen LogP contribution in [0.4, 0.5) is 5.82 Å². The predicted octanol–water partition coefficient (Wildman–Crippen LogP) is 3.05. The van der Waals surface area contributed by atoms with Crippen LogP contribution in [0, 0.1) is 0 Å². The lowest BCUT2D eigenvalue weighted by atomic mass is 10.0. The van der Waals surface area contributed by atoms with E-state index in [-0.39, 0.29) is 5.54 Å². The van der Waals surface area contributed by atoms with E-state index >= 15 is 0 Å². The molecule has 0 saturated heterocycles. The Hall–Kier alpha value is -0.760. The number of alkyl halides is 1. The van der Waals surface area contributed by atoms with Crippen LogP contribution in [0.2, 0.25) is 0 Å². The van der Waals surface area contributed by atoms with Gasteiger partial charge >= 0.3 is 0 Å². The third kappa shape index (κ3) is 2.01. The Morgan fingerprint density at radius 2 is 2.14 bits per heavy atom. The number of halogens is 1. The largest absolute Gasteiger partial charge is 0.363 e. The van der Waals surface area contributed by atoms with Crippen LogP contribution in [0.5, 0.6) is 0 Å². The first-order valence-corrected chi connectivity index (χ1v) is 5.63. The molecule has 1 fully saturated rings. The monoisotopic (exact) mass is 210 g/mol.